The standard InChI is InChI=1S/C22H22N4O3/c1-15(16-8-6-11-18(14-16)26(28)29)24(2)22(27)21-19-12-7-13-20(19)25(23-21)17-9-4-3-5-10-17/h3-6,8-11,14-15H,7,12-13H2,1-2H3. The number of benzene rings is 2. The average molecular weight is 390 g/mol. The van der Waals surface area contributed by atoms with Crippen LogP contribution >= 0.6 is 0 Å². The summed E-state index contributed by atoms with van der Waals surface area (Å²) < 4.78 is 1.88. The Morgan fingerprint density at radius 1 is 1.17 bits per heavy atom. The van der Waals surface area contributed by atoms with E-state index in [0.717, 1.165) is 36.2 Å². The van der Waals surface area contributed by atoms with Crippen molar-refractivity contribution in [2.24, 2.45) is 0 Å². The lowest BCUT2D eigenvalue weighted by Crippen LogP contribution is -2.30. The molecule has 4 rings (SSSR count). The first-order valence-corrected chi connectivity index (χ1v) is 9.65. The first kappa shape index (κ1) is 18.9. The highest BCUT2D eigenvalue weighted by Crippen LogP contribution is 2.30. The van der Waals surface area contributed by atoms with E-state index in [9.17, 15) is 14.9 Å². The molecule has 0 aliphatic heterocycles. The second-order valence-electron chi connectivity index (χ2n) is 7.32. The van der Waals surface area contributed by atoms with Gasteiger partial charge in [0.25, 0.3) is 11.6 Å². The van der Waals surface area contributed by atoms with Crippen LogP contribution in [-0.4, -0.2) is 32.6 Å². The number of nitro benzene ring substituents is 1. The summed E-state index contributed by atoms with van der Waals surface area (Å²) in [6.45, 7) is 1.87. The van der Waals surface area contributed by atoms with Crippen LogP contribution in [-0.2, 0) is 12.8 Å². The molecule has 7 nitrogen and oxygen atoms in total. The van der Waals surface area contributed by atoms with E-state index < -0.39 is 4.92 Å². The minimum atomic E-state index is -0.424. The van der Waals surface area contributed by atoms with Crippen LogP contribution in [0.4, 0.5) is 5.69 Å². The van der Waals surface area contributed by atoms with Gasteiger partial charge in [0.15, 0.2) is 5.69 Å². The number of carbonyl (C=O) groups excluding carboxylic acids is 1. The average Bonchev–Trinajstić information content (AvgIpc) is 3.35. The molecular formula is C22H22N4O3. The summed E-state index contributed by atoms with van der Waals surface area (Å²) in [6.07, 6.45) is 2.74. The minimum Gasteiger partial charge on any atom is -0.334 e. The molecule has 0 radical (unpaired) electrons. The normalized spacial score (nSPS) is 13.7. The van der Waals surface area contributed by atoms with Gasteiger partial charge in [-0.1, -0.05) is 30.3 Å². The predicted molar refractivity (Wildman–Crippen MR) is 109 cm³/mol. The van der Waals surface area contributed by atoms with Crippen LogP contribution in [0.2, 0.25) is 0 Å². The maximum Gasteiger partial charge on any atom is 0.274 e. The van der Waals surface area contributed by atoms with Crippen LogP contribution in [0.15, 0.2) is 54.6 Å². The summed E-state index contributed by atoms with van der Waals surface area (Å²) in [5, 5.41) is 15.7. The van der Waals surface area contributed by atoms with Crippen molar-refractivity contribution in [2.45, 2.75) is 32.2 Å². The zero-order chi connectivity index (χ0) is 20.5. The van der Waals surface area contributed by atoms with E-state index in [4.69, 9.17) is 0 Å². The molecule has 0 saturated heterocycles. The first-order valence-electron chi connectivity index (χ1n) is 9.65. The molecule has 1 amide bonds. The fourth-order valence-corrected chi connectivity index (χ4v) is 3.86. The number of hydrogen-bond donors (Lipinski definition) is 0. The van der Waals surface area contributed by atoms with Crippen molar-refractivity contribution in [3.63, 3.8) is 0 Å². The van der Waals surface area contributed by atoms with Crippen molar-refractivity contribution in [3.05, 3.63) is 87.2 Å². The fraction of sp³-hybridized carbons (Fsp3) is 0.273. The van der Waals surface area contributed by atoms with Gasteiger partial charge in [-0.25, -0.2) is 4.68 Å². The number of non-ortho nitro benzene ring substituents is 1. The van der Waals surface area contributed by atoms with Gasteiger partial charge in [-0.15, -0.1) is 0 Å². The molecule has 1 atom stereocenters. The highest BCUT2D eigenvalue weighted by atomic mass is 16.6. The van der Waals surface area contributed by atoms with Crippen LogP contribution in [0.3, 0.4) is 0 Å². The molecule has 7 heteroatoms. The van der Waals surface area contributed by atoms with Crippen molar-refractivity contribution < 1.29 is 9.72 Å². The van der Waals surface area contributed by atoms with Crippen molar-refractivity contribution in [2.75, 3.05) is 7.05 Å². The van der Waals surface area contributed by atoms with Gasteiger partial charge in [-0.3, -0.25) is 14.9 Å². The summed E-state index contributed by atoms with van der Waals surface area (Å²) in [5.41, 5.74) is 4.26. The number of rotatable bonds is 5. The van der Waals surface area contributed by atoms with Crippen LogP contribution in [0, 0.1) is 10.1 Å². The maximum absolute atomic E-state index is 13.3. The third kappa shape index (κ3) is 3.40. The molecule has 0 fully saturated rings. The predicted octanol–water partition coefficient (Wildman–Crippen LogP) is 4.10. The molecule has 0 spiro atoms. The Kier molecular flexibility index (Phi) is 4.88. The zero-order valence-corrected chi connectivity index (χ0v) is 16.4. The van der Waals surface area contributed by atoms with Crippen LogP contribution in [0.1, 0.15) is 46.7 Å². The minimum absolute atomic E-state index is 0.0180. The first-order chi connectivity index (χ1) is 14.0. The van der Waals surface area contributed by atoms with E-state index in [1.54, 1.807) is 24.1 Å². The van der Waals surface area contributed by atoms with Crippen molar-refractivity contribution in [1.29, 1.82) is 0 Å². The van der Waals surface area contributed by atoms with Gasteiger partial charge in [0, 0.05) is 30.4 Å². The molecule has 0 bridgehead atoms. The fourth-order valence-electron chi connectivity index (χ4n) is 3.86. The molecule has 1 aromatic heterocycles. The van der Waals surface area contributed by atoms with Crippen LogP contribution in [0.25, 0.3) is 5.69 Å². The SMILES string of the molecule is CC(c1cccc([N+](=O)[O-])c1)N(C)C(=O)c1nn(-c2ccccc2)c2c1CCC2. The quantitative estimate of drug-likeness (QED) is 0.485. The second-order valence-corrected chi connectivity index (χ2v) is 7.32. The molecule has 29 heavy (non-hydrogen) atoms. The van der Waals surface area contributed by atoms with E-state index in [1.807, 2.05) is 41.9 Å². The number of para-hydroxylation sites is 1. The molecule has 1 aliphatic carbocycles. The third-order valence-corrected chi connectivity index (χ3v) is 5.60. The third-order valence-electron chi connectivity index (χ3n) is 5.60. The topological polar surface area (TPSA) is 81.3 Å². The molecule has 1 heterocycles. The summed E-state index contributed by atoms with van der Waals surface area (Å²) in [5.74, 6) is -0.170. The Balaban J connectivity index is 1.66. The van der Waals surface area contributed by atoms with Gasteiger partial charge < -0.3 is 4.90 Å². The molecular weight excluding hydrogens is 368 g/mol. The second kappa shape index (κ2) is 7.50. The summed E-state index contributed by atoms with van der Waals surface area (Å²) in [7, 11) is 1.72. The van der Waals surface area contributed by atoms with E-state index in [-0.39, 0.29) is 17.6 Å². The van der Waals surface area contributed by atoms with Gasteiger partial charge in [-0.05, 0) is 43.9 Å². The van der Waals surface area contributed by atoms with E-state index in [1.165, 1.54) is 12.1 Å². The smallest absolute Gasteiger partial charge is 0.274 e. The summed E-state index contributed by atoms with van der Waals surface area (Å²) in [4.78, 5) is 25.6. The number of carbonyl (C=O) groups is 1. The molecule has 148 valence electrons. The van der Waals surface area contributed by atoms with Crippen LogP contribution in [0.5, 0.6) is 0 Å². The number of nitrogens with zero attached hydrogens (tertiary/aromatic N) is 4. The lowest BCUT2D eigenvalue weighted by atomic mass is 10.1. The van der Waals surface area contributed by atoms with Gasteiger partial charge in [0.05, 0.1) is 16.7 Å². The molecule has 0 saturated carbocycles. The van der Waals surface area contributed by atoms with Gasteiger partial charge >= 0.3 is 0 Å². The maximum atomic E-state index is 13.3. The van der Waals surface area contributed by atoms with Gasteiger partial charge in [0.1, 0.15) is 0 Å². The van der Waals surface area contributed by atoms with Gasteiger partial charge in [0.2, 0.25) is 0 Å². The molecule has 1 aliphatic rings. The molecule has 3 aromatic rings. The Morgan fingerprint density at radius 2 is 1.93 bits per heavy atom. The molecule has 2 aromatic carbocycles. The number of hydrogen-bond acceptors (Lipinski definition) is 4. The van der Waals surface area contributed by atoms with Crippen molar-refractivity contribution >= 4 is 11.6 Å². The van der Waals surface area contributed by atoms with Gasteiger partial charge in [-0.2, -0.15) is 5.10 Å². The van der Waals surface area contributed by atoms with Crippen molar-refractivity contribution in [3.8, 4) is 5.69 Å². The lowest BCUT2D eigenvalue weighted by Gasteiger charge is -2.25. The van der Waals surface area contributed by atoms with E-state index >= 15 is 0 Å². The molecule has 1 unspecified atom stereocenters. The lowest BCUT2D eigenvalue weighted by molar-refractivity contribution is -0.384. The number of fused-ring (bicyclic) bond motifs is 1. The Labute approximate surface area is 168 Å². The number of nitro groups is 1. The largest absolute Gasteiger partial charge is 0.334 e. The molecule has 0 N–H and O–H groups in total. The summed E-state index contributed by atoms with van der Waals surface area (Å²) >= 11 is 0. The Hall–Kier alpha value is -3.48. The van der Waals surface area contributed by atoms with Crippen molar-refractivity contribution in [1.82, 2.24) is 14.7 Å². The van der Waals surface area contributed by atoms with E-state index in [2.05, 4.69) is 5.10 Å². The monoisotopic (exact) mass is 390 g/mol. The Morgan fingerprint density at radius 3 is 2.66 bits per heavy atom. The van der Waals surface area contributed by atoms with Crippen LogP contribution < -0.4 is 0 Å². The zero-order valence-electron chi connectivity index (χ0n) is 16.4. The Bertz CT molecular complexity index is 1070. The number of aromatic nitrogens is 2. The highest BCUT2D eigenvalue weighted by Gasteiger charge is 2.30. The number of amides is 1. The van der Waals surface area contributed by atoms with E-state index in [0.29, 0.717) is 11.3 Å². The highest BCUT2D eigenvalue weighted by molar-refractivity contribution is 5.94. The summed E-state index contributed by atoms with van der Waals surface area (Å²) in [6, 6.07) is 15.9.